The molecule has 2 aromatic heterocycles. The first-order chi connectivity index (χ1) is 7.09. The standard InChI is InChI=1S/C7H6BrN5O2/c8-4-1-3(9)2-10-5(4)13-6(14)11-12-7(13)15/h1-2H,9H2,(H,11,14)(H,12,15). The number of nitrogens with one attached hydrogen (secondary N) is 2. The lowest BCUT2D eigenvalue weighted by Crippen LogP contribution is -2.25. The van der Waals surface area contributed by atoms with E-state index in [1.54, 1.807) is 6.07 Å². The Balaban J connectivity index is 2.75. The van der Waals surface area contributed by atoms with E-state index in [0.717, 1.165) is 4.57 Å². The van der Waals surface area contributed by atoms with Crippen molar-refractivity contribution in [2.24, 2.45) is 0 Å². The van der Waals surface area contributed by atoms with E-state index in [1.807, 2.05) is 0 Å². The Kier molecular flexibility index (Phi) is 2.19. The van der Waals surface area contributed by atoms with E-state index in [9.17, 15) is 9.59 Å². The van der Waals surface area contributed by atoms with Gasteiger partial charge in [0, 0.05) is 0 Å². The fourth-order valence-corrected chi connectivity index (χ4v) is 1.66. The van der Waals surface area contributed by atoms with Gasteiger partial charge in [-0.05, 0) is 22.0 Å². The number of hydrogen-bond acceptors (Lipinski definition) is 4. The number of pyridine rings is 1. The molecule has 0 aliphatic carbocycles. The monoisotopic (exact) mass is 271 g/mol. The lowest BCUT2D eigenvalue weighted by atomic mass is 10.4. The molecule has 15 heavy (non-hydrogen) atoms. The summed E-state index contributed by atoms with van der Waals surface area (Å²) in [6, 6.07) is 1.56. The molecule has 0 bridgehead atoms. The van der Waals surface area contributed by atoms with Gasteiger partial charge in [0.1, 0.15) is 0 Å². The Hall–Kier alpha value is -1.83. The van der Waals surface area contributed by atoms with E-state index in [4.69, 9.17) is 5.73 Å². The molecule has 2 rings (SSSR count). The molecule has 0 aliphatic rings. The lowest BCUT2D eigenvalue weighted by Gasteiger charge is -2.01. The highest BCUT2D eigenvalue weighted by Gasteiger charge is 2.10. The molecular weight excluding hydrogens is 266 g/mol. The molecule has 0 saturated heterocycles. The van der Waals surface area contributed by atoms with Gasteiger partial charge in [0.25, 0.3) is 0 Å². The highest BCUT2D eigenvalue weighted by Crippen LogP contribution is 2.18. The van der Waals surface area contributed by atoms with Crippen molar-refractivity contribution in [2.45, 2.75) is 0 Å². The van der Waals surface area contributed by atoms with Crippen molar-refractivity contribution in [3.05, 3.63) is 37.7 Å². The summed E-state index contributed by atoms with van der Waals surface area (Å²) in [6.45, 7) is 0. The summed E-state index contributed by atoms with van der Waals surface area (Å²) in [5.41, 5.74) is 4.75. The van der Waals surface area contributed by atoms with Gasteiger partial charge >= 0.3 is 11.4 Å². The summed E-state index contributed by atoms with van der Waals surface area (Å²) in [5.74, 6) is 0.191. The van der Waals surface area contributed by atoms with Gasteiger partial charge in [-0.3, -0.25) is 0 Å². The number of rotatable bonds is 1. The Morgan fingerprint density at radius 3 is 2.47 bits per heavy atom. The van der Waals surface area contributed by atoms with Gasteiger partial charge in [0.15, 0.2) is 5.82 Å². The molecule has 4 N–H and O–H groups in total. The van der Waals surface area contributed by atoms with Crippen LogP contribution >= 0.6 is 15.9 Å². The van der Waals surface area contributed by atoms with Crippen LogP contribution in [0, 0.1) is 0 Å². The van der Waals surface area contributed by atoms with Crippen molar-refractivity contribution in [3.8, 4) is 5.82 Å². The van der Waals surface area contributed by atoms with Crippen molar-refractivity contribution in [1.29, 1.82) is 0 Å². The first-order valence-corrected chi connectivity index (χ1v) is 4.70. The molecule has 0 atom stereocenters. The first-order valence-electron chi connectivity index (χ1n) is 3.90. The van der Waals surface area contributed by atoms with Crippen LogP contribution < -0.4 is 17.1 Å². The summed E-state index contributed by atoms with van der Waals surface area (Å²) < 4.78 is 1.33. The van der Waals surface area contributed by atoms with Crippen LogP contribution in [0.3, 0.4) is 0 Å². The van der Waals surface area contributed by atoms with E-state index in [0.29, 0.717) is 10.2 Å². The number of hydrogen-bond donors (Lipinski definition) is 3. The number of aromatic amines is 2. The summed E-state index contributed by atoms with van der Waals surface area (Å²) in [7, 11) is 0. The third kappa shape index (κ3) is 1.59. The minimum atomic E-state index is -0.585. The van der Waals surface area contributed by atoms with Crippen molar-refractivity contribution in [2.75, 3.05) is 5.73 Å². The lowest BCUT2D eigenvalue weighted by molar-refractivity contribution is 0.902. The van der Waals surface area contributed by atoms with Crippen LogP contribution in [0.4, 0.5) is 5.69 Å². The first kappa shape index (κ1) is 9.71. The van der Waals surface area contributed by atoms with Gasteiger partial charge in [-0.1, -0.05) is 0 Å². The van der Waals surface area contributed by atoms with Crippen LogP contribution in [0.1, 0.15) is 0 Å². The molecule has 0 radical (unpaired) electrons. The van der Waals surface area contributed by atoms with Gasteiger partial charge < -0.3 is 5.73 Å². The van der Waals surface area contributed by atoms with Gasteiger partial charge in [-0.2, -0.15) is 4.57 Å². The summed E-state index contributed by atoms with van der Waals surface area (Å²) in [6.07, 6.45) is 1.36. The van der Waals surface area contributed by atoms with E-state index >= 15 is 0 Å². The van der Waals surface area contributed by atoms with E-state index < -0.39 is 11.4 Å². The second-order valence-corrected chi connectivity index (χ2v) is 3.62. The fraction of sp³-hybridized carbons (Fsp3) is 0. The largest absolute Gasteiger partial charge is 0.397 e. The van der Waals surface area contributed by atoms with Crippen LogP contribution in [-0.2, 0) is 0 Å². The van der Waals surface area contributed by atoms with Crippen molar-refractivity contribution < 1.29 is 0 Å². The molecule has 2 aromatic rings. The van der Waals surface area contributed by atoms with Gasteiger partial charge in [-0.15, -0.1) is 0 Å². The third-order valence-corrected chi connectivity index (χ3v) is 2.32. The summed E-state index contributed by atoms with van der Waals surface area (Å²) >= 11 is 3.17. The summed E-state index contributed by atoms with van der Waals surface area (Å²) in [4.78, 5) is 26.4. The molecule has 8 heteroatoms. The minimum absolute atomic E-state index is 0.191. The number of halogens is 1. The maximum Gasteiger partial charge on any atom is 0.350 e. The number of nitrogens with zero attached hydrogens (tertiary/aromatic N) is 2. The number of anilines is 1. The average molecular weight is 272 g/mol. The highest BCUT2D eigenvalue weighted by atomic mass is 79.9. The Morgan fingerprint density at radius 2 is 1.93 bits per heavy atom. The molecule has 0 aliphatic heterocycles. The molecule has 0 unspecified atom stereocenters. The Bertz CT molecular complexity index is 583. The molecule has 0 aromatic carbocycles. The van der Waals surface area contributed by atoms with Crippen LogP contribution in [0.15, 0.2) is 26.3 Å². The normalized spacial score (nSPS) is 10.5. The zero-order valence-corrected chi connectivity index (χ0v) is 8.91. The number of aromatic nitrogens is 4. The molecule has 0 saturated carbocycles. The fourth-order valence-electron chi connectivity index (χ4n) is 1.11. The van der Waals surface area contributed by atoms with Gasteiger partial charge in [-0.25, -0.2) is 24.8 Å². The van der Waals surface area contributed by atoms with Crippen molar-refractivity contribution in [3.63, 3.8) is 0 Å². The number of H-pyrrole nitrogens is 2. The molecule has 7 nitrogen and oxygen atoms in total. The molecule has 0 amide bonds. The van der Waals surface area contributed by atoms with Crippen LogP contribution in [0.25, 0.3) is 5.82 Å². The number of nitrogen functional groups attached to an aromatic ring is 1. The molecular formula is C7H6BrN5O2. The third-order valence-electron chi connectivity index (χ3n) is 1.74. The smallest absolute Gasteiger partial charge is 0.350 e. The van der Waals surface area contributed by atoms with E-state index in [-0.39, 0.29) is 5.82 Å². The SMILES string of the molecule is Nc1cnc(-n2c(=O)[nH][nH]c2=O)c(Br)c1. The average Bonchev–Trinajstić information content (AvgIpc) is 2.48. The maximum atomic E-state index is 11.3. The zero-order chi connectivity index (χ0) is 11.0. The Labute approximate surface area is 91.1 Å². The molecule has 2 heterocycles. The maximum absolute atomic E-state index is 11.3. The topological polar surface area (TPSA) is 110 Å². The van der Waals surface area contributed by atoms with E-state index in [2.05, 4.69) is 31.1 Å². The Morgan fingerprint density at radius 1 is 1.33 bits per heavy atom. The second-order valence-electron chi connectivity index (χ2n) is 2.77. The molecule has 78 valence electrons. The van der Waals surface area contributed by atoms with Crippen molar-refractivity contribution >= 4 is 21.6 Å². The zero-order valence-electron chi connectivity index (χ0n) is 7.32. The predicted molar refractivity (Wildman–Crippen MR) is 56.9 cm³/mol. The summed E-state index contributed by atoms with van der Waals surface area (Å²) in [5, 5.41) is 4.31. The van der Waals surface area contributed by atoms with Gasteiger partial charge in [0.05, 0.1) is 16.4 Å². The minimum Gasteiger partial charge on any atom is -0.397 e. The van der Waals surface area contributed by atoms with Gasteiger partial charge in [0.2, 0.25) is 0 Å². The van der Waals surface area contributed by atoms with E-state index in [1.165, 1.54) is 6.20 Å². The molecule has 0 fully saturated rings. The van der Waals surface area contributed by atoms with Crippen LogP contribution in [0.2, 0.25) is 0 Å². The van der Waals surface area contributed by atoms with Crippen LogP contribution in [0.5, 0.6) is 0 Å². The quantitative estimate of drug-likeness (QED) is 0.655. The highest BCUT2D eigenvalue weighted by molar-refractivity contribution is 9.10. The van der Waals surface area contributed by atoms with Crippen LogP contribution in [-0.4, -0.2) is 19.7 Å². The van der Waals surface area contributed by atoms with Crippen molar-refractivity contribution in [1.82, 2.24) is 19.7 Å². The number of nitrogens with two attached hydrogens (primary N) is 1. The molecule has 0 spiro atoms. The predicted octanol–water partition coefficient (Wildman–Crippen LogP) is -0.406. The second kappa shape index (κ2) is 3.39.